The van der Waals surface area contributed by atoms with Gasteiger partial charge in [-0.3, -0.25) is 4.79 Å². The standard InChI is InChI=1S/C15H18ClFN2O4/c16-12-6-5-11(7-13(12)17)23-8-14(20)18-9-1-3-10(4-2-9)19-15(21)22/h5-7,9-10,19H,1-4,8H2,(H,18,20)(H,21,22). The summed E-state index contributed by atoms with van der Waals surface area (Å²) in [4.78, 5) is 22.4. The van der Waals surface area contributed by atoms with Crippen molar-refractivity contribution >= 4 is 23.6 Å². The van der Waals surface area contributed by atoms with Crippen LogP contribution < -0.4 is 15.4 Å². The molecule has 126 valence electrons. The third kappa shape index (κ3) is 5.59. The molecule has 1 aromatic rings. The van der Waals surface area contributed by atoms with Gasteiger partial charge in [0.1, 0.15) is 11.6 Å². The molecule has 6 nitrogen and oxygen atoms in total. The summed E-state index contributed by atoms with van der Waals surface area (Å²) >= 11 is 5.56. The van der Waals surface area contributed by atoms with Crippen molar-refractivity contribution in [3.05, 3.63) is 29.0 Å². The summed E-state index contributed by atoms with van der Waals surface area (Å²) < 4.78 is 18.5. The number of nitrogens with one attached hydrogen (secondary N) is 2. The molecule has 23 heavy (non-hydrogen) atoms. The minimum atomic E-state index is -1.03. The van der Waals surface area contributed by atoms with Gasteiger partial charge in [-0.05, 0) is 37.8 Å². The summed E-state index contributed by atoms with van der Waals surface area (Å²) in [5.74, 6) is -0.666. The van der Waals surface area contributed by atoms with E-state index in [1.54, 1.807) is 0 Å². The number of carbonyl (C=O) groups is 2. The average Bonchev–Trinajstić information content (AvgIpc) is 2.50. The van der Waals surface area contributed by atoms with Gasteiger partial charge >= 0.3 is 6.09 Å². The van der Waals surface area contributed by atoms with Crippen LogP contribution in [-0.2, 0) is 4.79 Å². The molecule has 2 amide bonds. The first kappa shape index (κ1) is 17.3. The van der Waals surface area contributed by atoms with Crippen LogP contribution in [0.25, 0.3) is 0 Å². The van der Waals surface area contributed by atoms with Gasteiger partial charge in [0.05, 0.1) is 5.02 Å². The Morgan fingerprint density at radius 2 is 1.83 bits per heavy atom. The van der Waals surface area contributed by atoms with Gasteiger partial charge in [0.25, 0.3) is 5.91 Å². The van der Waals surface area contributed by atoms with Crippen LogP contribution >= 0.6 is 11.6 Å². The molecule has 0 heterocycles. The van der Waals surface area contributed by atoms with Crippen molar-refractivity contribution in [3.8, 4) is 5.75 Å². The van der Waals surface area contributed by atoms with E-state index >= 15 is 0 Å². The molecule has 0 atom stereocenters. The van der Waals surface area contributed by atoms with Gasteiger partial charge in [-0.1, -0.05) is 11.6 Å². The summed E-state index contributed by atoms with van der Waals surface area (Å²) in [6.07, 6.45) is 1.74. The van der Waals surface area contributed by atoms with Crippen LogP contribution in [0.4, 0.5) is 9.18 Å². The van der Waals surface area contributed by atoms with Crippen LogP contribution in [0, 0.1) is 5.82 Å². The Bertz CT molecular complexity index is 577. The van der Waals surface area contributed by atoms with Crippen molar-refractivity contribution in [1.29, 1.82) is 0 Å². The quantitative estimate of drug-likeness (QED) is 0.766. The minimum absolute atomic E-state index is 0.0000937. The number of hydrogen-bond donors (Lipinski definition) is 3. The minimum Gasteiger partial charge on any atom is -0.484 e. The first-order valence-corrected chi connectivity index (χ1v) is 7.68. The number of rotatable bonds is 5. The zero-order valence-corrected chi connectivity index (χ0v) is 13.1. The molecule has 1 aliphatic rings. The van der Waals surface area contributed by atoms with Gasteiger partial charge < -0.3 is 20.5 Å². The predicted molar refractivity (Wildman–Crippen MR) is 82.3 cm³/mol. The Labute approximate surface area is 138 Å². The first-order valence-electron chi connectivity index (χ1n) is 7.30. The Kier molecular flexibility index (Phi) is 6.04. The number of carboxylic acid groups (broad SMARTS) is 1. The van der Waals surface area contributed by atoms with Crippen LogP contribution in [0.1, 0.15) is 25.7 Å². The van der Waals surface area contributed by atoms with Gasteiger partial charge in [-0.15, -0.1) is 0 Å². The average molecular weight is 345 g/mol. The summed E-state index contributed by atoms with van der Waals surface area (Å²) in [5, 5.41) is 13.9. The summed E-state index contributed by atoms with van der Waals surface area (Å²) in [5.41, 5.74) is 0. The molecule has 1 fully saturated rings. The highest BCUT2D eigenvalue weighted by Crippen LogP contribution is 2.21. The van der Waals surface area contributed by atoms with E-state index in [9.17, 15) is 14.0 Å². The molecule has 1 aromatic carbocycles. The molecule has 1 aliphatic carbocycles. The van der Waals surface area contributed by atoms with Crippen molar-refractivity contribution < 1.29 is 23.8 Å². The normalized spacial score (nSPS) is 20.6. The monoisotopic (exact) mass is 344 g/mol. The van der Waals surface area contributed by atoms with Crippen LogP contribution in [-0.4, -0.2) is 35.8 Å². The largest absolute Gasteiger partial charge is 0.484 e. The first-order chi connectivity index (χ1) is 10.9. The maximum Gasteiger partial charge on any atom is 0.404 e. The molecule has 1 saturated carbocycles. The number of benzene rings is 1. The summed E-state index contributed by atoms with van der Waals surface area (Å²) in [6, 6.07) is 3.91. The zero-order chi connectivity index (χ0) is 16.8. The fraction of sp³-hybridized carbons (Fsp3) is 0.467. The fourth-order valence-electron chi connectivity index (χ4n) is 2.54. The van der Waals surface area contributed by atoms with Crippen LogP contribution in [0.3, 0.4) is 0 Å². The summed E-state index contributed by atoms with van der Waals surface area (Å²) in [7, 11) is 0. The second kappa shape index (κ2) is 8.01. The molecule has 0 spiro atoms. The van der Waals surface area contributed by atoms with Gasteiger partial charge in [-0.2, -0.15) is 0 Å². The molecule has 0 aliphatic heterocycles. The molecular formula is C15H18ClFN2O4. The molecule has 0 aromatic heterocycles. The number of amides is 2. The van der Waals surface area contributed by atoms with E-state index in [1.807, 2.05) is 0 Å². The van der Waals surface area contributed by atoms with Crippen molar-refractivity contribution in [2.24, 2.45) is 0 Å². The highest BCUT2D eigenvalue weighted by Gasteiger charge is 2.23. The highest BCUT2D eigenvalue weighted by molar-refractivity contribution is 6.30. The van der Waals surface area contributed by atoms with E-state index in [1.165, 1.54) is 12.1 Å². The van der Waals surface area contributed by atoms with Crippen LogP contribution in [0.2, 0.25) is 5.02 Å². The zero-order valence-electron chi connectivity index (χ0n) is 12.4. The molecule has 0 unspecified atom stereocenters. The van der Waals surface area contributed by atoms with Gasteiger partial charge in [0.2, 0.25) is 0 Å². The third-order valence-corrected chi connectivity index (χ3v) is 3.99. The predicted octanol–water partition coefficient (Wildman–Crippen LogP) is 2.55. The number of ether oxygens (including phenoxy) is 1. The second-order valence-corrected chi connectivity index (χ2v) is 5.84. The summed E-state index contributed by atoms with van der Waals surface area (Å²) in [6.45, 7) is -0.214. The molecule has 0 radical (unpaired) electrons. The van der Waals surface area contributed by atoms with Crippen molar-refractivity contribution in [2.45, 2.75) is 37.8 Å². The molecule has 0 saturated heterocycles. The third-order valence-electron chi connectivity index (χ3n) is 3.68. The lowest BCUT2D eigenvalue weighted by molar-refractivity contribution is -0.124. The van der Waals surface area contributed by atoms with Crippen LogP contribution in [0.5, 0.6) is 5.75 Å². The Morgan fingerprint density at radius 3 is 2.39 bits per heavy atom. The van der Waals surface area contributed by atoms with E-state index in [-0.39, 0.29) is 35.4 Å². The van der Waals surface area contributed by atoms with E-state index < -0.39 is 11.9 Å². The molecule has 8 heteroatoms. The van der Waals surface area contributed by atoms with E-state index in [0.717, 1.165) is 6.07 Å². The molecule has 3 N–H and O–H groups in total. The maximum atomic E-state index is 13.2. The van der Waals surface area contributed by atoms with Gasteiger partial charge in [0, 0.05) is 18.2 Å². The number of halogens is 2. The Morgan fingerprint density at radius 1 is 1.22 bits per heavy atom. The lowest BCUT2D eigenvalue weighted by atomic mass is 9.91. The maximum absolute atomic E-state index is 13.2. The van der Waals surface area contributed by atoms with E-state index in [4.69, 9.17) is 21.4 Å². The SMILES string of the molecule is O=C(O)NC1CCC(NC(=O)COc2ccc(Cl)c(F)c2)CC1. The Hall–Kier alpha value is -2.02. The van der Waals surface area contributed by atoms with E-state index in [0.29, 0.717) is 25.7 Å². The van der Waals surface area contributed by atoms with Gasteiger partial charge in [0.15, 0.2) is 6.61 Å². The number of hydrogen-bond acceptors (Lipinski definition) is 3. The smallest absolute Gasteiger partial charge is 0.404 e. The topological polar surface area (TPSA) is 87.7 Å². The molecule has 2 rings (SSSR count). The second-order valence-electron chi connectivity index (χ2n) is 5.43. The van der Waals surface area contributed by atoms with E-state index in [2.05, 4.69) is 10.6 Å². The van der Waals surface area contributed by atoms with Gasteiger partial charge in [-0.25, -0.2) is 9.18 Å². The number of carbonyl (C=O) groups excluding carboxylic acids is 1. The lowest BCUT2D eigenvalue weighted by Gasteiger charge is -2.28. The highest BCUT2D eigenvalue weighted by atomic mass is 35.5. The molecule has 0 bridgehead atoms. The van der Waals surface area contributed by atoms with Crippen molar-refractivity contribution in [2.75, 3.05) is 6.61 Å². The van der Waals surface area contributed by atoms with Crippen LogP contribution in [0.15, 0.2) is 18.2 Å². The lowest BCUT2D eigenvalue weighted by Crippen LogP contribution is -2.44. The fourth-order valence-corrected chi connectivity index (χ4v) is 2.66. The van der Waals surface area contributed by atoms with Crippen molar-refractivity contribution in [1.82, 2.24) is 10.6 Å². The molecular weight excluding hydrogens is 327 g/mol. The van der Waals surface area contributed by atoms with Crippen molar-refractivity contribution in [3.63, 3.8) is 0 Å². The Balaban J connectivity index is 1.71.